The summed E-state index contributed by atoms with van der Waals surface area (Å²) in [5, 5.41) is 4.20. The smallest absolute Gasteiger partial charge is 0.227 e. The number of likely N-dealkylation sites (tertiary alicyclic amines) is 1. The van der Waals surface area contributed by atoms with Crippen LogP contribution in [0, 0.1) is 5.92 Å². The molecule has 0 bridgehead atoms. The van der Waals surface area contributed by atoms with Crippen molar-refractivity contribution in [3.8, 4) is 0 Å². The van der Waals surface area contributed by atoms with Gasteiger partial charge in [0, 0.05) is 62.7 Å². The van der Waals surface area contributed by atoms with Crippen LogP contribution in [0.25, 0.3) is 0 Å². The number of hydrogen-bond donors (Lipinski definition) is 0. The zero-order chi connectivity index (χ0) is 19.3. The van der Waals surface area contributed by atoms with E-state index < -0.39 is 0 Å². The summed E-state index contributed by atoms with van der Waals surface area (Å²) in [6, 6.07) is 5.95. The maximum Gasteiger partial charge on any atom is 0.227 e. The Hall–Kier alpha value is -2.96. The third-order valence-corrected chi connectivity index (χ3v) is 5.46. The molecule has 0 N–H and O–H groups in total. The maximum absolute atomic E-state index is 12.8. The lowest BCUT2D eigenvalue weighted by Gasteiger charge is -2.33. The van der Waals surface area contributed by atoms with Crippen molar-refractivity contribution >= 4 is 5.91 Å². The molecule has 1 atom stereocenters. The van der Waals surface area contributed by atoms with Gasteiger partial charge in [-0.05, 0) is 36.6 Å². The van der Waals surface area contributed by atoms with Gasteiger partial charge < -0.3 is 9.47 Å². The monoisotopic (exact) mass is 378 g/mol. The van der Waals surface area contributed by atoms with Crippen molar-refractivity contribution < 1.29 is 4.79 Å². The van der Waals surface area contributed by atoms with Crippen LogP contribution in [0.3, 0.4) is 0 Å². The van der Waals surface area contributed by atoms with Crippen LogP contribution in [0.5, 0.6) is 0 Å². The molecule has 28 heavy (non-hydrogen) atoms. The first kappa shape index (κ1) is 18.4. The largest absolute Gasteiger partial charge is 0.342 e. The minimum atomic E-state index is -0.0647. The fraction of sp³-hybridized carbons (Fsp3) is 0.429. The molecule has 0 aromatic carbocycles. The predicted molar refractivity (Wildman–Crippen MR) is 106 cm³/mol. The van der Waals surface area contributed by atoms with Crippen LogP contribution >= 0.6 is 0 Å². The first-order chi connectivity index (χ1) is 13.7. The zero-order valence-electron chi connectivity index (χ0n) is 16.2. The van der Waals surface area contributed by atoms with E-state index in [1.807, 2.05) is 65.7 Å². The van der Waals surface area contributed by atoms with Gasteiger partial charge in [0.2, 0.25) is 5.91 Å². The van der Waals surface area contributed by atoms with Crippen molar-refractivity contribution in [2.24, 2.45) is 5.92 Å². The van der Waals surface area contributed by atoms with E-state index in [0.717, 1.165) is 38.3 Å². The second kappa shape index (κ2) is 8.37. The average Bonchev–Trinajstić information content (AvgIpc) is 3.40. The highest BCUT2D eigenvalue weighted by Crippen LogP contribution is 2.28. The Balaban J connectivity index is 1.34. The van der Waals surface area contributed by atoms with Gasteiger partial charge in [-0.3, -0.25) is 14.5 Å². The molecule has 0 saturated carbocycles. The van der Waals surface area contributed by atoms with Crippen molar-refractivity contribution in [1.82, 2.24) is 29.2 Å². The molecule has 7 heteroatoms. The van der Waals surface area contributed by atoms with E-state index in [2.05, 4.69) is 19.6 Å². The molecule has 1 aliphatic heterocycles. The molecule has 1 amide bonds. The van der Waals surface area contributed by atoms with Crippen molar-refractivity contribution in [2.45, 2.75) is 38.8 Å². The van der Waals surface area contributed by atoms with Crippen LogP contribution in [-0.4, -0.2) is 48.2 Å². The van der Waals surface area contributed by atoms with Gasteiger partial charge in [-0.2, -0.15) is 5.10 Å². The van der Waals surface area contributed by atoms with E-state index in [0.29, 0.717) is 12.5 Å². The van der Waals surface area contributed by atoms with Crippen LogP contribution in [0.2, 0.25) is 0 Å². The molecule has 7 nitrogen and oxygen atoms in total. The van der Waals surface area contributed by atoms with Crippen molar-refractivity contribution in [3.05, 3.63) is 66.8 Å². The zero-order valence-corrected chi connectivity index (χ0v) is 16.2. The van der Waals surface area contributed by atoms with Gasteiger partial charge >= 0.3 is 0 Å². The number of hydrogen-bond acceptors (Lipinski definition) is 4. The molecule has 1 saturated heterocycles. The SMILES string of the molecule is C[C@@H](Cn1cccn1)C(=O)N1CCC(c2nccn2Cc2ccncc2)CC1. The number of aromatic nitrogens is 5. The minimum Gasteiger partial charge on any atom is -0.342 e. The highest BCUT2D eigenvalue weighted by molar-refractivity contribution is 5.78. The fourth-order valence-electron chi connectivity index (χ4n) is 3.94. The molecule has 0 aliphatic carbocycles. The summed E-state index contributed by atoms with van der Waals surface area (Å²) < 4.78 is 4.04. The molecule has 0 spiro atoms. The van der Waals surface area contributed by atoms with Gasteiger partial charge in [0.05, 0.1) is 12.5 Å². The van der Waals surface area contributed by atoms with Crippen LogP contribution in [0.1, 0.15) is 37.1 Å². The minimum absolute atomic E-state index is 0.0647. The normalized spacial score (nSPS) is 16.2. The molecule has 1 aliphatic rings. The number of nitrogens with zero attached hydrogens (tertiary/aromatic N) is 6. The number of carbonyl (C=O) groups is 1. The Morgan fingerprint density at radius 3 is 2.64 bits per heavy atom. The molecule has 3 aromatic heterocycles. The Labute approximate surface area is 165 Å². The quantitative estimate of drug-likeness (QED) is 0.661. The summed E-state index contributed by atoms with van der Waals surface area (Å²) in [7, 11) is 0. The molecule has 0 unspecified atom stereocenters. The molecule has 1 fully saturated rings. The molecule has 0 radical (unpaired) electrons. The van der Waals surface area contributed by atoms with E-state index in [1.54, 1.807) is 6.20 Å². The molecule has 3 aromatic rings. The predicted octanol–water partition coefficient (Wildman–Crippen LogP) is 2.57. The van der Waals surface area contributed by atoms with Gasteiger partial charge in [-0.15, -0.1) is 0 Å². The second-order valence-corrected chi connectivity index (χ2v) is 7.50. The molecular formula is C21H26N6O. The number of pyridine rings is 1. The van der Waals surface area contributed by atoms with Crippen LogP contribution in [0.15, 0.2) is 55.4 Å². The topological polar surface area (TPSA) is 68.8 Å². The average molecular weight is 378 g/mol. The summed E-state index contributed by atoms with van der Waals surface area (Å²) in [6.07, 6.45) is 13.1. The standard InChI is InChI=1S/C21H26N6O/c1-17(15-27-11-2-7-24-27)21(28)25-12-5-19(6-13-25)20-23-10-14-26(20)16-18-3-8-22-9-4-18/h2-4,7-11,14,17,19H,5-6,12-13,15-16H2,1H3/t17-/m0/s1. The third kappa shape index (κ3) is 4.13. The second-order valence-electron chi connectivity index (χ2n) is 7.50. The van der Waals surface area contributed by atoms with Gasteiger partial charge in [-0.1, -0.05) is 6.92 Å². The van der Waals surface area contributed by atoms with E-state index in [9.17, 15) is 4.79 Å². The Morgan fingerprint density at radius 1 is 1.14 bits per heavy atom. The lowest BCUT2D eigenvalue weighted by molar-refractivity contribution is -0.136. The fourth-order valence-corrected chi connectivity index (χ4v) is 3.94. The lowest BCUT2D eigenvalue weighted by atomic mass is 9.95. The third-order valence-electron chi connectivity index (χ3n) is 5.46. The van der Waals surface area contributed by atoms with E-state index in [4.69, 9.17) is 0 Å². The number of imidazole rings is 1. The van der Waals surface area contributed by atoms with E-state index in [-0.39, 0.29) is 11.8 Å². The van der Waals surface area contributed by atoms with Crippen molar-refractivity contribution in [1.29, 1.82) is 0 Å². The highest BCUT2D eigenvalue weighted by Gasteiger charge is 2.28. The molecule has 4 rings (SSSR count). The Morgan fingerprint density at radius 2 is 1.93 bits per heavy atom. The van der Waals surface area contributed by atoms with Gasteiger partial charge in [0.1, 0.15) is 5.82 Å². The lowest BCUT2D eigenvalue weighted by Crippen LogP contribution is -2.42. The number of carbonyl (C=O) groups excluding carboxylic acids is 1. The number of amides is 1. The molecule has 146 valence electrons. The summed E-state index contributed by atoms with van der Waals surface area (Å²) in [5.74, 6) is 1.66. The number of piperidine rings is 1. The first-order valence-corrected chi connectivity index (χ1v) is 9.87. The highest BCUT2D eigenvalue weighted by atomic mass is 16.2. The maximum atomic E-state index is 12.8. The van der Waals surface area contributed by atoms with Gasteiger partial charge in [0.15, 0.2) is 0 Å². The summed E-state index contributed by atoms with van der Waals surface area (Å²) in [5.41, 5.74) is 1.22. The number of rotatable bonds is 6. The summed E-state index contributed by atoms with van der Waals surface area (Å²) >= 11 is 0. The van der Waals surface area contributed by atoms with Crippen LogP contribution in [-0.2, 0) is 17.9 Å². The summed E-state index contributed by atoms with van der Waals surface area (Å²) in [6.45, 7) is 4.99. The Bertz CT molecular complexity index is 881. The molecule has 4 heterocycles. The van der Waals surface area contributed by atoms with E-state index >= 15 is 0 Å². The van der Waals surface area contributed by atoms with Crippen molar-refractivity contribution in [3.63, 3.8) is 0 Å². The van der Waals surface area contributed by atoms with Crippen molar-refractivity contribution in [2.75, 3.05) is 13.1 Å². The van der Waals surface area contributed by atoms with Crippen LogP contribution < -0.4 is 0 Å². The Kier molecular flexibility index (Phi) is 5.50. The summed E-state index contributed by atoms with van der Waals surface area (Å²) in [4.78, 5) is 23.5. The van der Waals surface area contributed by atoms with Gasteiger partial charge in [0.25, 0.3) is 0 Å². The first-order valence-electron chi connectivity index (χ1n) is 9.87. The van der Waals surface area contributed by atoms with Crippen LogP contribution in [0.4, 0.5) is 0 Å². The molecular weight excluding hydrogens is 352 g/mol. The van der Waals surface area contributed by atoms with E-state index in [1.165, 1.54) is 5.56 Å². The van der Waals surface area contributed by atoms with Gasteiger partial charge in [-0.25, -0.2) is 4.98 Å².